The molecule has 0 radical (unpaired) electrons. The smallest absolute Gasteiger partial charge is 0.410 e. The molecule has 8 rings (SSSR count). The summed E-state index contributed by atoms with van der Waals surface area (Å²) in [4.78, 5) is 78.3. The number of piperidine rings is 2. The molecule has 4 aromatic rings. The molecule has 4 saturated heterocycles. The number of amides is 5. The van der Waals surface area contributed by atoms with Crippen LogP contribution in [0.2, 0.25) is 0 Å². The van der Waals surface area contributed by atoms with Crippen molar-refractivity contribution >= 4 is 51.5 Å². The quantitative estimate of drug-likeness (QED) is 0.0976. The molecule has 4 aliphatic heterocycles. The van der Waals surface area contributed by atoms with Crippen molar-refractivity contribution in [2.75, 3.05) is 79.8 Å². The Morgan fingerprint density at radius 2 is 1.15 bits per heavy atom. The Hall–Kier alpha value is -5.53. The zero-order valence-electron chi connectivity index (χ0n) is 44.4. The lowest BCUT2D eigenvalue weighted by Crippen LogP contribution is -2.55. The molecular formula is C55H80N8O10. The third-order valence-corrected chi connectivity index (χ3v) is 14.3. The molecule has 4 fully saturated rings. The fourth-order valence-corrected chi connectivity index (χ4v) is 9.99. The van der Waals surface area contributed by atoms with Gasteiger partial charge in [-0.15, -0.1) is 0 Å². The van der Waals surface area contributed by atoms with Crippen LogP contribution in [0.3, 0.4) is 0 Å². The van der Waals surface area contributed by atoms with E-state index in [2.05, 4.69) is 39.8 Å². The number of aromatic nitrogens is 2. The highest BCUT2D eigenvalue weighted by atomic mass is 16.7. The molecule has 5 amide bonds. The summed E-state index contributed by atoms with van der Waals surface area (Å²) in [6.07, 6.45) is 5.57. The average molecular weight is 1010 g/mol. The van der Waals surface area contributed by atoms with E-state index in [-0.39, 0.29) is 54.5 Å². The fourth-order valence-electron chi connectivity index (χ4n) is 9.99. The van der Waals surface area contributed by atoms with Crippen LogP contribution in [-0.2, 0) is 42.9 Å². The Kier molecular flexibility index (Phi) is 19.0. The molecular weight excluding hydrogens is 933 g/mol. The van der Waals surface area contributed by atoms with E-state index in [4.69, 9.17) is 23.7 Å². The Balaban J connectivity index is 0.000000218. The minimum Gasteiger partial charge on any atom is -0.444 e. The van der Waals surface area contributed by atoms with Crippen molar-refractivity contribution in [3.05, 3.63) is 72.1 Å². The van der Waals surface area contributed by atoms with Crippen LogP contribution in [0.25, 0.3) is 21.8 Å². The van der Waals surface area contributed by atoms with E-state index in [1.165, 1.54) is 0 Å². The standard InChI is InChI=1S/C30H44N4O6.C25H36N4O4/c1-19-17-38-25(39-18-19)16-33(6)28(36)26(20(2)23-14-31-24-12-8-7-11-22(23)24)32-27(35)21-10-9-13-34(15-21)29(37)40-30(3,4)5;1-16-14-32-22(33-15-16)13-29(3)25(31)23(28-24(30)18-7-6-10-26-11-18)17(2)20-12-27-21-9-5-4-8-19(20)21/h7-8,11-12,14,19-21,25-26,31H,9-10,13,15-18H2,1-6H3,(H,32,35);4-5,8-9,12,16-18,22-23,26-27H,6-7,10-11,13-15H2,1-3H3,(H,28,30)/t19?,20-,21?,25?,26+;16?,17-,18?,22?,23?/m00/s1. The Bertz CT molecular complexity index is 2470. The lowest BCUT2D eigenvalue weighted by Gasteiger charge is -2.36. The van der Waals surface area contributed by atoms with Crippen LogP contribution < -0.4 is 16.0 Å². The van der Waals surface area contributed by atoms with E-state index in [1.807, 2.05) is 95.5 Å². The van der Waals surface area contributed by atoms with Crippen LogP contribution in [0.1, 0.15) is 97.1 Å². The zero-order valence-corrected chi connectivity index (χ0v) is 44.4. The first-order valence-corrected chi connectivity index (χ1v) is 26.2. The van der Waals surface area contributed by atoms with E-state index < -0.39 is 42.3 Å². The Morgan fingerprint density at radius 1 is 0.699 bits per heavy atom. The van der Waals surface area contributed by atoms with Crippen molar-refractivity contribution in [3.63, 3.8) is 0 Å². The van der Waals surface area contributed by atoms with Crippen LogP contribution in [0.15, 0.2) is 60.9 Å². The van der Waals surface area contributed by atoms with Gasteiger partial charge in [-0.25, -0.2) is 4.79 Å². The number of nitrogens with one attached hydrogen (secondary N) is 5. The van der Waals surface area contributed by atoms with Crippen molar-refractivity contribution in [1.82, 2.24) is 40.6 Å². The highest BCUT2D eigenvalue weighted by Gasteiger charge is 2.38. The molecule has 2 aromatic heterocycles. The molecule has 4 aliphatic rings. The summed E-state index contributed by atoms with van der Waals surface area (Å²) in [5, 5.41) is 11.5. The number of benzene rings is 2. The summed E-state index contributed by atoms with van der Waals surface area (Å²) in [6, 6.07) is 14.4. The van der Waals surface area contributed by atoms with E-state index in [0.717, 1.165) is 52.3 Å². The number of carbonyl (C=O) groups is 5. The summed E-state index contributed by atoms with van der Waals surface area (Å²) in [7, 11) is 3.45. The van der Waals surface area contributed by atoms with Crippen LogP contribution in [0.5, 0.6) is 0 Å². The molecule has 6 heterocycles. The molecule has 400 valence electrons. The van der Waals surface area contributed by atoms with Gasteiger partial charge in [-0.2, -0.15) is 0 Å². The normalized spacial score (nSPS) is 24.3. The predicted molar refractivity (Wildman–Crippen MR) is 278 cm³/mol. The number of para-hydroxylation sites is 2. The molecule has 18 heteroatoms. The van der Waals surface area contributed by atoms with Gasteiger partial charge in [0, 0.05) is 91.6 Å². The molecule has 18 nitrogen and oxygen atoms in total. The highest BCUT2D eigenvalue weighted by molar-refractivity contribution is 5.92. The van der Waals surface area contributed by atoms with Gasteiger partial charge in [-0.3, -0.25) is 19.2 Å². The third kappa shape index (κ3) is 14.6. The van der Waals surface area contributed by atoms with Gasteiger partial charge in [-0.05, 0) is 76.3 Å². The molecule has 0 bridgehead atoms. The number of rotatable bonds is 14. The molecule has 3 unspecified atom stereocenters. The van der Waals surface area contributed by atoms with Crippen molar-refractivity contribution < 1.29 is 47.7 Å². The van der Waals surface area contributed by atoms with Crippen molar-refractivity contribution in [2.24, 2.45) is 23.7 Å². The van der Waals surface area contributed by atoms with Crippen LogP contribution in [0, 0.1) is 23.7 Å². The molecule has 0 spiro atoms. The number of likely N-dealkylation sites (N-methyl/N-ethyl adjacent to an activating group) is 2. The number of likely N-dealkylation sites (tertiary alicyclic amines) is 1. The minimum absolute atomic E-state index is 0.0698. The van der Waals surface area contributed by atoms with E-state index in [0.29, 0.717) is 70.7 Å². The first kappa shape index (κ1) is 55.2. The van der Waals surface area contributed by atoms with Crippen molar-refractivity contribution in [2.45, 2.75) is 116 Å². The maximum absolute atomic E-state index is 13.9. The van der Waals surface area contributed by atoms with Gasteiger partial charge < -0.3 is 64.3 Å². The number of hydrogen-bond donors (Lipinski definition) is 5. The number of hydrogen-bond acceptors (Lipinski definition) is 11. The van der Waals surface area contributed by atoms with Gasteiger partial charge in [0.15, 0.2) is 12.6 Å². The maximum Gasteiger partial charge on any atom is 0.410 e. The zero-order chi connectivity index (χ0) is 52.4. The summed E-state index contributed by atoms with van der Waals surface area (Å²) in [6.45, 7) is 18.9. The van der Waals surface area contributed by atoms with Gasteiger partial charge in [0.1, 0.15) is 17.7 Å². The lowest BCUT2D eigenvalue weighted by atomic mass is 9.90. The second kappa shape index (κ2) is 25.1. The summed E-state index contributed by atoms with van der Waals surface area (Å²) < 4.78 is 28.5. The monoisotopic (exact) mass is 1010 g/mol. The SMILES string of the molecule is CC1COC(CN(C)C(=O)C(NC(=O)C2CCCNC2)[C@@H](C)c2c[nH]c3ccccc23)OC1.CC1COC(CN(C)C(=O)[C@H](NC(=O)C2CCCN(C(=O)OC(C)(C)C)C2)[C@@H](C)c2c[nH]c3ccccc23)OC1. The number of H-pyrrole nitrogens is 2. The predicted octanol–water partition coefficient (Wildman–Crippen LogP) is 6.09. The number of carbonyl (C=O) groups excluding carboxylic acids is 5. The number of ether oxygens (including phenoxy) is 5. The third-order valence-electron chi connectivity index (χ3n) is 14.3. The Labute approximate surface area is 430 Å². The van der Waals surface area contributed by atoms with Gasteiger partial charge in [0.2, 0.25) is 23.6 Å². The lowest BCUT2D eigenvalue weighted by molar-refractivity contribution is -0.204. The Morgan fingerprint density at radius 3 is 1.60 bits per heavy atom. The van der Waals surface area contributed by atoms with Crippen molar-refractivity contribution in [3.8, 4) is 0 Å². The van der Waals surface area contributed by atoms with Crippen LogP contribution in [-0.4, -0.2) is 164 Å². The molecule has 0 aliphatic carbocycles. The number of aromatic amines is 2. The van der Waals surface area contributed by atoms with Crippen LogP contribution in [0.4, 0.5) is 4.79 Å². The van der Waals surface area contributed by atoms with Gasteiger partial charge >= 0.3 is 6.09 Å². The van der Waals surface area contributed by atoms with Gasteiger partial charge in [0.05, 0.1) is 51.4 Å². The first-order valence-electron chi connectivity index (χ1n) is 26.2. The minimum atomic E-state index is -0.823. The average Bonchev–Trinajstić information content (AvgIpc) is 4.03. The van der Waals surface area contributed by atoms with Gasteiger partial charge in [0.25, 0.3) is 0 Å². The van der Waals surface area contributed by atoms with E-state index in [9.17, 15) is 24.0 Å². The molecule has 73 heavy (non-hydrogen) atoms. The van der Waals surface area contributed by atoms with E-state index >= 15 is 0 Å². The first-order chi connectivity index (χ1) is 34.9. The van der Waals surface area contributed by atoms with Crippen LogP contribution >= 0.6 is 0 Å². The van der Waals surface area contributed by atoms with E-state index in [1.54, 1.807) is 28.8 Å². The largest absolute Gasteiger partial charge is 0.444 e. The molecule has 2 aromatic carbocycles. The second-order valence-corrected chi connectivity index (χ2v) is 21.8. The summed E-state index contributed by atoms with van der Waals surface area (Å²) >= 11 is 0. The fraction of sp³-hybridized carbons (Fsp3) is 0.618. The topological polar surface area (TPSA) is 209 Å². The second-order valence-electron chi connectivity index (χ2n) is 21.8. The summed E-state index contributed by atoms with van der Waals surface area (Å²) in [5.41, 5.74) is 3.32. The van der Waals surface area contributed by atoms with Gasteiger partial charge in [-0.1, -0.05) is 64.1 Å². The number of nitrogens with zero attached hydrogens (tertiary/aromatic N) is 3. The number of fused-ring (bicyclic) bond motifs is 2. The molecule has 0 saturated carbocycles. The highest BCUT2D eigenvalue weighted by Crippen LogP contribution is 2.31. The molecule has 6 atom stereocenters. The van der Waals surface area contributed by atoms with Crippen molar-refractivity contribution in [1.29, 1.82) is 0 Å². The maximum atomic E-state index is 13.9. The summed E-state index contributed by atoms with van der Waals surface area (Å²) in [5.74, 6) is -1.14. The molecule has 5 N–H and O–H groups in total.